The van der Waals surface area contributed by atoms with Crippen LogP contribution in [0.1, 0.15) is 16.7 Å². The maximum absolute atomic E-state index is 10.6. The zero-order chi connectivity index (χ0) is 22.8. The lowest BCUT2D eigenvalue weighted by Crippen LogP contribution is -2.03. The van der Waals surface area contributed by atoms with Crippen molar-refractivity contribution >= 4 is 0 Å². The molecule has 0 atom stereocenters. The van der Waals surface area contributed by atoms with E-state index < -0.39 is 0 Å². The molecule has 0 spiro atoms. The van der Waals surface area contributed by atoms with Crippen LogP contribution in [0.2, 0.25) is 0 Å². The molecule has 0 unspecified atom stereocenters. The molecule has 4 aromatic rings. The maximum Gasteiger partial charge on any atom is 0.167 e. The van der Waals surface area contributed by atoms with Gasteiger partial charge in [0.1, 0.15) is 17.2 Å². The minimum atomic E-state index is 0.103. The topological polar surface area (TPSA) is 77.4 Å². The van der Waals surface area contributed by atoms with E-state index in [4.69, 9.17) is 24.4 Å². The van der Waals surface area contributed by atoms with Gasteiger partial charge in [0.25, 0.3) is 0 Å². The highest BCUT2D eigenvalue weighted by Gasteiger charge is 2.19. The highest BCUT2D eigenvalue weighted by molar-refractivity contribution is 5.74. The molecule has 0 aliphatic carbocycles. The van der Waals surface area contributed by atoms with Crippen molar-refractivity contribution in [1.82, 2.24) is 15.0 Å². The van der Waals surface area contributed by atoms with Crippen molar-refractivity contribution in [2.75, 3.05) is 14.2 Å². The van der Waals surface area contributed by atoms with E-state index in [0.717, 1.165) is 27.8 Å². The molecular weight excluding hydrogens is 402 g/mol. The molecule has 162 valence electrons. The Balaban J connectivity index is 2.04. The summed E-state index contributed by atoms with van der Waals surface area (Å²) in [6.07, 6.45) is 0. The van der Waals surface area contributed by atoms with Crippen LogP contribution in [0.25, 0.3) is 34.2 Å². The fourth-order valence-electron chi connectivity index (χ4n) is 3.56. The van der Waals surface area contributed by atoms with Gasteiger partial charge in [-0.25, -0.2) is 15.0 Å². The Hall–Kier alpha value is -3.93. The molecule has 1 heterocycles. The first-order chi connectivity index (χ1) is 15.4. The molecule has 3 aromatic carbocycles. The standard InChI is InChI=1S/C26H25N3O3/c1-15-6-9-21(30)18(12-15)24-27-25(19-13-16(2)7-10-22(19)31-4)29-26(28-24)20-14-17(3)8-11-23(20)32-5/h6-14,30H,1-5H3. The van der Waals surface area contributed by atoms with E-state index >= 15 is 0 Å². The Morgan fingerprint density at radius 1 is 0.562 bits per heavy atom. The van der Waals surface area contributed by atoms with Crippen molar-refractivity contribution in [2.45, 2.75) is 20.8 Å². The molecule has 0 amide bonds. The van der Waals surface area contributed by atoms with Crippen LogP contribution in [0.4, 0.5) is 0 Å². The summed E-state index contributed by atoms with van der Waals surface area (Å²) in [5.74, 6) is 2.70. The van der Waals surface area contributed by atoms with Gasteiger partial charge in [0.05, 0.1) is 30.9 Å². The predicted octanol–water partition coefficient (Wildman–Crippen LogP) is 5.52. The van der Waals surface area contributed by atoms with E-state index in [0.29, 0.717) is 34.5 Å². The zero-order valence-corrected chi connectivity index (χ0v) is 18.8. The quantitative estimate of drug-likeness (QED) is 0.452. The lowest BCUT2D eigenvalue weighted by molar-refractivity contribution is 0.415. The highest BCUT2D eigenvalue weighted by atomic mass is 16.5. The number of hydrogen-bond acceptors (Lipinski definition) is 6. The normalized spacial score (nSPS) is 10.8. The zero-order valence-electron chi connectivity index (χ0n) is 18.8. The third-order valence-corrected chi connectivity index (χ3v) is 5.22. The van der Waals surface area contributed by atoms with E-state index in [1.165, 1.54) is 0 Å². The van der Waals surface area contributed by atoms with Gasteiger partial charge in [0.15, 0.2) is 17.5 Å². The van der Waals surface area contributed by atoms with Crippen LogP contribution >= 0.6 is 0 Å². The number of phenols is 1. The van der Waals surface area contributed by atoms with E-state index in [1.807, 2.05) is 69.3 Å². The minimum absolute atomic E-state index is 0.103. The molecule has 0 saturated heterocycles. The number of aromatic hydroxyl groups is 1. The Kier molecular flexibility index (Phi) is 5.77. The second kappa shape index (κ2) is 8.67. The summed E-state index contributed by atoms with van der Waals surface area (Å²) in [5, 5.41) is 10.6. The molecule has 0 saturated carbocycles. The van der Waals surface area contributed by atoms with Crippen molar-refractivity contribution in [3.8, 4) is 51.4 Å². The summed E-state index contributed by atoms with van der Waals surface area (Å²) in [5.41, 5.74) is 5.12. The Morgan fingerprint density at radius 2 is 0.938 bits per heavy atom. The number of rotatable bonds is 5. The third kappa shape index (κ3) is 4.12. The summed E-state index contributed by atoms with van der Waals surface area (Å²) in [7, 11) is 3.24. The van der Waals surface area contributed by atoms with Gasteiger partial charge in [0.2, 0.25) is 0 Å². The fraction of sp³-hybridized carbons (Fsp3) is 0.192. The Morgan fingerprint density at radius 3 is 1.38 bits per heavy atom. The van der Waals surface area contributed by atoms with Crippen LogP contribution in [-0.2, 0) is 0 Å². The van der Waals surface area contributed by atoms with Crippen LogP contribution < -0.4 is 9.47 Å². The van der Waals surface area contributed by atoms with Crippen LogP contribution in [0.5, 0.6) is 17.2 Å². The summed E-state index contributed by atoms with van der Waals surface area (Å²) < 4.78 is 11.2. The van der Waals surface area contributed by atoms with Gasteiger partial charge < -0.3 is 14.6 Å². The van der Waals surface area contributed by atoms with E-state index in [9.17, 15) is 5.11 Å². The van der Waals surface area contributed by atoms with Crippen LogP contribution in [0, 0.1) is 20.8 Å². The molecule has 0 bridgehead atoms. The first kappa shape index (κ1) is 21.3. The lowest BCUT2D eigenvalue weighted by Gasteiger charge is -2.14. The molecule has 6 nitrogen and oxygen atoms in total. The SMILES string of the molecule is COc1ccc(C)cc1-c1nc(-c2cc(C)ccc2O)nc(-c2cc(C)ccc2OC)n1. The average molecular weight is 428 g/mol. The molecule has 1 aromatic heterocycles. The van der Waals surface area contributed by atoms with Gasteiger partial charge in [-0.15, -0.1) is 0 Å². The number of nitrogens with zero attached hydrogens (tertiary/aromatic N) is 3. The smallest absolute Gasteiger partial charge is 0.167 e. The first-order valence-electron chi connectivity index (χ1n) is 10.3. The van der Waals surface area contributed by atoms with Gasteiger partial charge in [-0.1, -0.05) is 34.9 Å². The van der Waals surface area contributed by atoms with Gasteiger partial charge >= 0.3 is 0 Å². The number of benzene rings is 3. The molecular formula is C26H25N3O3. The number of hydrogen-bond donors (Lipinski definition) is 1. The van der Waals surface area contributed by atoms with Crippen LogP contribution in [0.15, 0.2) is 54.6 Å². The van der Waals surface area contributed by atoms with E-state index in [2.05, 4.69) is 0 Å². The molecule has 0 aliphatic heterocycles. The molecule has 6 heteroatoms. The van der Waals surface area contributed by atoms with Gasteiger partial charge in [-0.05, 0) is 57.2 Å². The van der Waals surface area contributed by atoms with Gasteiger partial charge in [-0.3, -0.25) is 0 Å². The van der Waals surface area contributed by atoms with Crippen molar-refractivity contribution in [3.05, 3.63) is 71.3 Å². The molecule has 0 fully saturated rings. The molecule has 0 aliphatic rings. The maximum atomic E-state index is 10.6. The lowest BCUT2D eigenvalue weighted by atomic mass is 10.1. The van der Waals surface area contributed by atoms with Gasteiger partial charge in [0, 0.05) is 0 Å². The number of phenolic OH excluding ortho intramolecular Hbond substituents is 1. The number of methoxy groups -OCH3 is 2. The summed E-state index contributed by atoms with van der Waals surface area (Å²) in [4.78, 5) is 14.2. The van der Waals surface area contributed by atoms with Crippen LogP contribution in [0.3, 0.4) is 0 Å². The summed E-state index contributed by atoms with van der Waals surface area (Å²) >= 11 is 0. The number of aromatic nitrogens is 3. The second-order valence-electron chi connectivity index (χ2n) is 7.73. The third-order valence-electron chi connectivity index (χ3n) is 5.22. The molecule has 0 radical (unpaired) electrons. The summed E-state index contributed by atoms with van der Waals surface area (Å²) in [6, 6.07) is 17.0. The number of aryl methyl sites for hydroxylation is 3. The average Bonchev–Trinajstić information content (AvgIpc) is 2.80. The summed E-state index contributed by atoms with van der Waals surface area (Å²) in [6.45, 7) is 5.96. The van der Waals surface area contributed by atoms with Crippen molar-refractivity contribution in [2.24, 2.45) is 0 Å². The Labute approximate surface area is 187 Å². The molecule has 1 N–H and O–H groups in total. The van der Waals surface area contributed by atoms with Crippen molar-refractivity contribution in [1.29, 1.82) is 0 Å². The number of ether oxygens (including phenoxy) is 2. The fourth-order valence-corrected chi connectivity index (χ4v) is 3.56. The first-order valence-corrected chi connectivity index (χ1v) is 10.3. The second-order valence-corrected chi connectivity index (χ2v) is 7.73. The Bertz CT molecular complexity index is 1230. The predicted molar refractivity (Wildman–Crippen MR) is 125 cm³/mol. The molecule has 4 rings (SSSR count). The monoisotopic (exact) mass is 427 g/mol. The van der Waals surface area contributed by atoms with E-state index in [-0.39, 0.29) is 5.75 Å². The van der Waals surface area contributed by atoms with E-state index in [1.54, 1.807) is 20.3 Å². The van der Waals surface area contributed by atoms with Crippen molar-refractivity contribution in [3.63, 3.8) is 0 Å². The van der Waals surface area contributed by atoms with Gasteiger partial charge in [-0.2, -0.15) is 0 Å². The minimum Gasteiger partial charge on any atom is -0.507 e. The largest absolute Gasteiger partial charge is 0.507 e. The van der Waals surface area contributed by atoms with Crippen molar-refractivity contribution < 1.29 is 14.6 Å². The van der Waals surface area contributed by atoms with Crippen LogP contribution in [-0.4, -0.2) is 34.3 Å². The highest BCUT2D eigenvalue weighted by Crippen LogP contribution is 2.36. The molecule has 32 heavy (non-hydrogen) atoms.